The molecule has 0 saturated carbocycles. The molecule has 2 amide bonds. The lowest BCUT2D eigenvalue weighted by atomic mass is 10.1. The summed E-state index contributed by atoms with van der Waals surface area (Å²) in [6.45, 7) is 0.414. The van der Waals surface area contributed by atoms with Gasteiger partial charge >= 0.3 is 0 Å². The molecule has 1 saturated heterocycles. The predicted octanol–water partition coefficient (Wildman–Crippen LogP) is 0.455. The lowest BCUT2D eigenvalue weighted by Crippen LogP contribution is -2.35. The first kappa shape index (κ1) is 23.7. The number of likely N-dealkylation sites (N-methyl/N-ethyl adjacent to an activating group) is 1. The number of hydrogen-bond donors (Lipinski definition) is 3. The number of halogens is 1. The molecule has 0 unspecified atom stereocenters. The van der Waals surface area contributed by atoms with Crippen LogP contribution < -0.4 is 15.4 Å². The third kappa shape index (κ3) is 6.29. The molecule has 1 fully saturated rings. The maximum atomic E-state index is 13.2. The Hall–Kier alpha value is -2.94. The Kier molecular flexibility index (Phi) is 7.84. The molecule has 0 bridgehead atoms. The van der Waals surface area contributed by atoms with E-state index in [1.807, 2.05) is 0 Å². The van der Waals surface area contributed by atoms with Gasteiger partial charge in [-0.25, -0.2) is 18.1 Å². The van der Waals surface area contributed by atoms with Crippen LogP contribution in [-0.4, -0.2) is 63.8 Å². The maximum Gasteiger partial charge on any atom is 0.280 e. The van der Waals surface area contributed by atoms with Crippen molar-refractivity contribution >= 4 is 44.0 Å². The second-order valence-corrected chi connectivity index (χ2v) is 9.22. The molecule has 0 radical (unpaired) electrons. The first-order valence-corrected chi connectivity index (χ1v) is 11.6. The number of sulfonamides is 1. The van der Waals surface area contributed by atoms with E-state index in [4.69, 9.17) is 9.57 Å². The Balaban J connectivity index is 1.81. The van der Waals surface area contributed by atoms with Crippen LogP contribution in [0.4, 0.5) is 9.52 Å². The number of oxime groups is 1. The van der Waals surface area contributed by atoms with Gasteiger partial charge in [0.15, 0.2) is 22.1 Å². The Bertz CT molecular complexity index is 1100. The van der Waals surface area contributed by atoms with E-state index in [2.05, 4.69) is 25.5 Å². The summed E-state index contributed by atoms with van der Waals surface area (Å²) in [5.41, 5.74) is 0.0958. The van der Waals surface area contributed by atoms with Gasteiger partial charge in [0.05, 0.1) is 30.9 Å². The number of carbonyl (C=O) groups is 2. The monoisotopic (exact) mass is 485 g/mol. The van der Waals surface area contributed by atoms with Crippen LogP contribution in [0.2, 0.25) is 0 Å². The average Bonchev–Trinajstić information content (AvgIpc) is 3.44. The molecule has 3 rings (SSSR count). The molecule has 1 aromatic heterocycles. The van der Waals surface area contributed by atoms with Gasteiger partial charge in [0.25, 0.3) is 5.91 Å². The van der Waals surface area contributed by atoms with Crippen LogP contribution in [0.1, 0.15) is 12.0 Å². The van der Waals surface area contributed by atoms with Gasteiger partial charge in [-0.1, -0.05) is 28.6 Å². The molecule has 14 heteroatoms. The number of nitrogens with one attached hydrogen (secondary N) is 3. The van der Waals surface area contributed by atoms with E-state index < -0.39 is 33.5 Å². The minimum absolute atomic E-state index is 0.0296. The summed E-state index contributed by atoms with van der Waals surface area (Å²) in [4.78, 5) is 33.0. The summed E-state index contributed by atoms with van der Waals surface area (Å²) in [6, 6.07) is 5.24. The minimum Gasteiger partial charge on any atom is -0.389 e. The average molecular weight is 486 g/mol. The minimum atomic E-state index is -3.95. The Morgan fingerprint density at radius 1 is 1.34 bits per heavy atom. The molecule has 1 atom stereocenters. The van der Waals surface area contributed by atoms with Crippen molar-refractivity contribution in [3.8, 4) is 0 Å². The quantitative estimate of drug-likeness (QED) is 0.345. The predicted molar refractivity (Wildman–Crippen MR) is 113 cm³/mol. The van der Waals surface area contributed by atoms with Crippen molar-refractivity contribution < 1.29 is 32.0 Å². The van der Waals surface area contributed by atoms with Crippen LogP contribution in [0.5, 0.6) is 0 Å². The number of thiazole rings is 1. The van der Waals surface area contributed by atoms with Gasteiger partial charge in [-0.05, 0) is 12.1 Å². The molecule has 172 valence electrons. The lowest BCUT2D eigenvalue weighted by molar-refractivity contribution is -0.119. The zero-order valence-corrected chi connectivity index (χ0v) is 18.5. The largest absolute Gasteiger partial charge is 0.389 e. The van der Waals surface area contributed by atoms with Crippen molar-refractivity contribution in [2.75, 3.05) is 32.1 Å². The Morgan fingerprint density at radius 2 is 2.09 bits per heavy atom. The van der Waals surface area contributed by atoms with Crippen LogP contribution in [-0.2, 0) is 29.2 Å². The summed E-state index contributed by atoms with van der Waals surface area (Å²) in [6.07, 6.45) is 1.24. The smallest absolute Gasteiger partial charge is 0.280 e. The summed E-state index contributed by atoms with van der Waals surface area (Å²) in [7, 11) is -2.56. The molecule has 2 aromatic rings. The van der Waals surface area contributed by atoms with E-state index in [9.17, 15) is 22.4 Å². The van der Waals surface area contributed by atoms with Crippen LogP contribution >= 0.6 is 11.3 Å². The first-order valence-electron chi connectivity index (χ1n) is 9.33. The summed E-state index contributed by atoms with van der Waals surface area (Å²) >= 11 is 0.642. The lowest BCUT2D eigenvalue weighted by Gasteiger charge is -2.11. The number of aromatic nitrogens is 1. The van der Waals surface area contributed by atoms with Gasteiger partial charge in [0.1, 0.15) is 0 Å². The van der Waals surface area contributed by atoms with E-state index in [0.29, 0.717) is 31.0 Å². The van der Waals surface area contributed by atoms with Gasteiger partial charge in [-0.3, -0.25) is 14.9 Å². The fourth-order valence-corrected chi connectivity index (χ4v) is 4.06. The number of carbonyl (C=O) groups excluding carboxylic acids is 2. The van der Waals surface area contributed by atoms with Crippen molar-refractivity contribution in [2.24, 2.45) is 5.16 Å². The standard InChI is InChI=1S/C18H20FN5O6S2/c1-20-15(25)9-22-32(27,28)13-4-2-11(3-5-13)16(24-30-12-6-7-29-10-12)17(26)23-18-21-8-14(19)31-18/h2-5,8,12,22H,6-7,9-10H2,1H3,(H,20,25)(H,21,23,26)/b24-16+/t12-/m1/s1. The van der Waals surface area contributed by atoms with Gasteiger partial charge in [-0.2, -0.15) is 4.39 Å². The zero-order valence-electron chi connectivity index (χ0n) is 16.8. The highest BCUT2D eigenvalue weighted by atomic mass is 32.2. The zero-order chi connectivity index (χ0) is 23.1. The van der Waals surface area contributed by atoms with Gasteiger partial charge in [0, 0.05) is 19.0 Å². The van der Waals surface area contributed by atoms with Crippen molar-refractivity contribution in [1.82, 2.24) is 15.0 Å². The topological polar surface area (TPSA) is 148 Å². The van der Waals surface area contributed by atoms with Crippen LogP contribution in [0, 0.1) is 5.13 Å². The van der Waals surface area contributed by atoms with Crippen molar-refractivity contribution in [2.45, 2.75) is 17.4 Å². The number of hydrogen-bond acceptors (Lipinski definition) is 9. The highest BCUT2D eigenvalue weighted by molar-refractivity contribution is 7.89. The van der Waals surface area contributed by atoms with Crippen LogP contribution in [0.25, 0.3) is 0 Å². The molecule has 2 heterocycles. The third-order valence-electron chi connectivity index (χ3n) is 4.23. The molecule has 0 aliphatic carbocycles. The highest BCUT2D eigenvalue weighted by Gasteiger charge is 2.22. The number of nitrogens with zero attached hydrogens (tertiary/aromatic N) is 2. The fraction of sp³-hybridized carbons (Fsp3) is 0.333. The van der Waals surface area contributed by atoms with E-state index in [1.165, 1.54) is 31.3 Å². The van der Waals surface area contributed by atoms with Crippen LogP contribution in [0.15, 0.2) is 40.5 Å². The molecule has 1 aromatic carbocycles. The van der Waals surface area contributed by atoms with E-state index in [1.54, 1.807) is 0 Å². The second-order valence-electron chi connectivity index (χ2n) is 6.48. The van der Waals surface area contributed by atoms with Crippen molar-refractivity contribution in [3.63, 3.8) is 0 Å². The SMILES string of the molecule is CNC(=O)CNS(=O)(=O)c1ccc(/C(=N\O[C@@H]2CCOC2)C(=O)Nc2ncc(F)s2)cc1. The number of ether oxygens (including phenoxy) is 1. The molecule has 1 aliphatic heterocycles. The summed E-state index contributed by atoms with van der Waals surface area (Å²) in [5.74, 6) is -1.21. The van der Waals surface area contributed by atoms with Gasteiger partial charge in [0.2, 0.25) is 15.9 Å². The van der Waals surface area contributed by atoms with Gasteiger partial charge in [-0.15, -0.1) is 0 Å². The normalized spacial score (nSPS) is 16.6. The number of benzene rings is 1. The third-order valence-corrected chi connectivity index (χ3v) is 6.35. The molecule has 1 aliphatic rings. The van der Waals surface area contributed by atoms with Crippen molar-refractivity contribution in [1.29, 1.82) is 0 Å². The molecule has 3 N–H and O–H groups in total. The summed E-state index contributed by atoms with van der Waals surface area (Å²) < 4.78 is 45.2. The molecular weight excluding hydrogens is 465 g/mol. The number of amides is 2. The molecule has 11 nitrogen and oxygen atoms in total. The molecule has 32 heavy (non-hydrogen) atoms. The second kappa shape index (κ2) is 10.6. The summed E-state index contributed by atoms with van der Waals surface area (Å²) in [5, 5.41) is 8.13. The van der Waals surface area contributed by atoms with E-state index in [0.717, 1.165) is 6.20 Å². The molecular formula is C18H20FN5O6S2. The Morgan fingerprint density at radius 3 is 2.69 bits per heavy atom. The van der Waals surface area contributed by atoms with Crippen molar-refractivity contribution in [3.05, 3.63) is 41.2 Å². The van der Waals surface area contributed by atoms with E-state index in [-0.39, 0.29) is 27.4 Å². The molecule has 0 spiro atoms. The first-order chi connectivity index (χ1) is 15.3. The Labute approximate surface area is 187 Å². The highest BCUT2D eigenvalue weighted by Crippen LogP contribution is 2.18. The van der Waals surface area contributed by atoms with Gasteiger partial charge < -0.3 is 14.9 Å². The fourth-order valence-electron chi connectivity index (χ4n) is 2.54. The maximum absolute atomic E-state index is 13.2. The number of anilines is 1. The number of rotatable bonds is 9. The van der Waals surface area contributed by atoms with E-state index >= 15 is 0 Å². The van der Waals surface area contributed by atoms with Crippen LogP contribution in [0.3, 0.4) is 0 Å².